The third-order valence-electron chi connectivity index (χ3n) is 6.08. The van der Waals surface area contributed by atoms with Gasteiger partial charge in [-0.2, -0.15) is 0 Å². The van der Waals surface area contributed by atoms with Crippen LogP contribution in [0.2, 0.25) is 5.02 Å². The molecule has 1 aliphatic carbocycles. The van der Waals surface area contributed by atoms with Crippen LogP contribution in [0.15, 0.2) is 42.0 Å². The highest BCUT2D eigenvalue weighted by atomic mass is 35.5. The average Bonchev–Trinajstić information content (AvgIpc) is 2.78. The summed E-state index contributed by atoms with van der Waals surface area (Å²) in [5, 5.41) is 10.1. The van der Waals surface area contributed by atoms with E-state index in [-0.39, 0.29) is 42.1 Å². The lowest BCUT2D eigenvalue weighted by Crippen LogP contribution is -2.29. The Labute approximate surface area is 198 Å². The van der Waals surface area contributed by atoms with Gasteiger partial charge in [-0.3, -0.25) is 4.79 Å². The second-order valence-corrected chi connectivity index (χ2v) is 8.79. The fraction of sp³-hybridized carbons (Fsp3) is 0.385. The number of carbonyl (C=O) groups excluding carboxylic acids is 2. The van der Waals surface area contributed by atoms with Gasteiger partial charge in [0.25, 0.3) is 0 Å². The lowest BCUT2D eigenvalue weighted by molar-refractivity contribution is -0.138. The molecule has 1 aliphatic rings. The quantitative estimate of drug-likeness (QED) is 0.425. The van der Waals surface area contributed by atoms with Crippen LogP contribution in [0.1, 0.15) is 53.7 Å². The highest BCUT2D eigenvalue weighted by Gasteiger charge is 2.36. The van der Waals surface area contributed by atoms with Crippen LogP contribution in [0.3, 0.4) is 0 Å². The topological polar surface area (TPSA) is 72.8 Å². The molecule has 0 aliphatic heterocycles. The van der Waals surface area contributed by atoms with Gasteiger partial charge >= 0.3 is 5.97 Å². The summed E-state index contributed by atoms with van der Waals surface area (Å²) in [4.78, 5) is 25.9. The SMILES string of the molecule is CCOC(=O)C1=CC([C@H](CO)C(C)C)c2cc(OC)c(Cc3cccc(Cl)c3F)cc2C1=O. The van der Waals surface area contributed by atoms with Crippen LogP contribution in [0.4, 0.5) is 4.39 Å². The predicted molar refractivity (Wildman–Crippen MR) is 124 cm³/mol. The van der Waals surface area contributed by atoms with Crippen LogP contribution in [0, 0.1) is 17.7 Å². The minimum absolute atomic E-state index is 0.0100. The smallest absolute Gasteiger partial charge is 0.341 e. The van der Waals surface area contributed by atoms with Gasteiger partial charge in [0.15, 0.2) is 5.78 Å². The molecule has 5 nitrogen and oxygen atoms in total. The van der Waals surface area contributed by atoms with Gasteiger partial charge in [0.05, 0.1) is 18.7 Å². The Bertz CT molecular complexity index is 1090. The lowest BCUT2D eigenvalue weighted by Gasteiger charge is -2.32. The zero-order valence-corrected chi connectivity index (χ0v) is 19.9. The maximum Gasteiger partial charge on any atom is 0.341 e. The highest BCUT2D eigenvalue weighted by molar-refractivity contribution is 6.30. The Morgan fingerprint density at radius 1 is 1.24 bits per heavy atom. The number of halogens is 2. The van der Waals surface area contributed by atoms with Crippen molar-refractivity contribution in [3.8, 4) is 5.75 Å². The van der Waals surface area contributed by atoms with Crippen molar-refractivity contribution in [3.05, 3.63) is 75.1 Å². The molecule has 0 amide bonds. The van der Waals surface area contributed by atoms with Crippen LogP contribution in [0.5, 0.6) is 5.75 Å². The van der Waals surface area contributed by atoms with Crippen molar-refractivity contribution in [1.82, 2.24) is 0 Å². The molecule has 33 heavy (non-hydrogen) atoms. The fourth-order valence-electron chi connectivity index (χ4n) is 4.28. The molecule has 3 rings (SSSR count). The predicted octanol–water partition coefficient (Wildman–Crippen LogP) is 5.11. The van der Waals surface area contributed by atoms with Gasteiger partial charge in [-0.25, -0.2) is 9.18 Å². The van der Waals surface area contributed by atoms with Gasteiger partial charge in [0, 0.05) is 24.5 Å². The third-order valence-corrected chi connectivity index (χ3v) is 6.38. The number of fused-ring (bicyclic) bond motifs is 1. The Morgan fingerprint density at radius 2 is 1.97 bits per heavy atom. The molecule has 0 aromatic heterocycles. The van der Waals surface area contributed by atoms with E-state index in [9.17, 15) is 19.1 Å². The molecule has 7 heteroatoms. The molecule has 2 aromatic rings. The van der Waals surface area contributed by atoms with E-state index in [1.54, 1.807) is 37.3 Å². The third kappa shape index (κ3) is 4.97. The number of aliphatic hydroxyl groups is 1. The molecule has 2 atom stereocenters. The molecule has 0 saturated carbocycles. The molecule has 0 spiro atoms. The Balaban J connectivity index is 2.17. The van der Waals surface area contributed by atoms with E-state index in [0.717, 1.165) is 0 Å². The average molecular weight is 475 g/mol. The molecule has 0 heterocycles. The summed E-state index contributed by atoms with van der Waals surface area (Å²) in [6, 6.07) is 8.14. The largest absolute Gasteiger partial charge is 0.496 e. The van der Waals surface area contributed by atoms with Crippen molar-refractivity contribution < 1.29 is 28.6 Å². The monoisotopic (exact) mass is 474 g/mol. The molecule has 0 bridgehead atoms. The van der Waals surface area contributed by atoms with Crippen molar-refractivity contribution in [2.24, 2.45) is 11.8 Å². The number of benzene rings is 2. The van der Waals surface area contributed by atoms with Crippen molar-refractivity contribution in [2.45, 2.75) is 33.1 Å². The first kappa shape index (κ1) is 24.9. The number of rotatable bonds is 8. The maximum absolute atomic E-state index is 14.6. The standard InChI is InChI=1S/C26H28ClFO5/c1-5-33-26(31)20-11-17(21(13-29)14(2)3)18-12-23(32-4)16(10-19(18)25(20)30)9-15-7-6-8-22(27)24(15)28/h6-8,10-12,14,17,21,29H,5,9,13H2,1-4H3/t17?,21-/m1/s1. The summed E-state index contributed by atoms with van der Waals surface area (Å²) < 4.78 is 25.2. The summed E-state index contributed by atoms with van der Waals surface area (Å²) in [6.07, 6.45) is 1.74. The van der Waals surface area contributed by atoms with Gasteiger partial charge < -0.3 is 14.6 Å². The van der Waals surface area contributed by atoms with Crippen LogP contribution in [0.25, 0.3) is 0 Å². The molecular weight excluding hydrogens is 447 g/mol. The molecule has 1 unspecified atom stereocenters. The van der Waals surface area contributed by atoms with Crippen LogP contribution in [-0.4, -0.2) is 37.2 Å². The highest BCUT2D eigenvalue weighted by Crippen LogP contribution is 2.42. The number of esters is 1. The molecule has 1 N–H and O–H groups in total. The minimum atomic E-state index is -0.697. The molecule has 0 fully saturated rings. The molecule has 176 valence electrons. The summed E-state index contributed by atoms with van der Waals surface area (Å²) in [5.41, 5.74) is 1.87. The number of allylic oxidation sites excluding steroid dienone is 1. The van der Waals surface area contributed by atoms with Crippen LogP contribution >= 0.6 is 11.6 Å². The van der Waals surface area contributed by atoms with Crippen molar-refractivity contribution in [2.75, 3.05) is 20.3 Å². The Kier molecular flexibility index (Phi) is 7.92. The Hall–Kier alpha value is -2.70. The zero-order chi connectivity index (χ0) is 24.3. The molecule has 0 saturated heterocycles. The number of hydrogen-bond donors (Lipinski definition) is 1. The molecule has 0 radical (unpaired) electrons. The summed E-state index contributed by atoms with van der Waals surface area (Å²) in [6.45, 7) is 5.63. The van der Waals surface area contributed by atoms with Gasteiger partial charge in [-0.1, -0.05) is 43.7 Å². The first-order valence-electron chi connectivity index (χ1n) is 10.9. The summed E-state index contributed by atoms with van der Waals surface area (Å²) in [5.74, 6) is -1.76. The van der Waals surface area contributed by atoms with E-state index in [1.165, 1.54) is 13.2 Å². The first-order valence-corrected chi connectivity index (χ1v) is 11.3. The number of hydrogen-bond acceptors (Lipinski definition) is 5. The van der Waals surface area contributed by atoms with E-state index in [1.807, 2.05) is 13.8 Å². The fourth-order valence-corrected chi connectivity index (χ4v) is 4.48. The zero-order valence-electron chi connectivity index (χ0n) is 19.2. The number of ether oxygens (including phenoxy) is 2. The van der Waals surface area contributed by atoms with Gasteiger partial charge in [0.1, 0.15) is 17.1 Å². The normalized spacial score (nSPS) is 16.3. The summed E-state index contributed by atoms with van der Waals surface area (Å²) in [7, 11) is 1.51. The van der Waals surface area contributed by atoms with E-state index in [0.29, 0.717) is 28.0 Å². The Morgan fingerprint density at radius 3 is 2.58 bits per heavy atom. The van der Waals surface area contributed by atoms with Crippen molar-refractivity contribution in [3.63, 3.8) is 0 Å². The van der Waals surface area contributed by atoms with Crippen molar-refractivity contribution in [1.29, 1.82) is 0 Å². The van der Waals surface area contributed by atoms with Gasteiger partial charge in [-0.15, -0.1) is 0 Å². The number of carbonyl (C=O) groups is 2. The second kappa shape index (κ2) is 10.5. The van der Waals surface area contributed by atoms with E-state index in [4.69, 9.17) is 21.1 Å². The van der Waals surface area contributed by atoms with Crippen molar-refractivity contribution >= 4 is 23.4 Å². The van der Waals surface area contributed by atoms with Gasteiger partial charge in [-0.05, 0) is 53.6 Å². The number of aliphatic hydroxyl groups excluding tert-OH is 1. The van der Waals surface area contributed by atoms with Gasteiger partial charge in [0.2, 0.25) is 0 Å². The first-order chi connectivity index (χ1) is 15.7. The number of methoxy groups -OCH3 is 1. The maximum atomic E-state index is 14.6. The van der Waals surface area contributed by atoms with Crippen LogP contribution in [-0.2, 0) is 16.0 Å². The van der Waals surface area contributed by atoms with E-state index in [2.05, 4.69) is 0 Å². The molecule has 2 aromatic carbocycles. The number of ketones is 1. The number of Topliss-reactive ketones (excluding diaryl/α,β-unsaturated/α-hetero) is 1. The minimum Gasteiger partial charge on any atom is -0.496 e. The second-order valence-electron chi connectivity index (χ2n) is 8.39. The van der Waals surface area contributed by atoms with E-state index >= 15 is 0 Å². The summed E-state index contributed by atoms with van der Waals surface area (Å²) >= 11 is 5.93. The van der Waals surface area contributed by atoms with Crippen LogP contribution < -0.4 is 4.74 Å². The van der Waals surface area contributed by atoms with E-state index < -0.39 is 23.5 Å². The lowest BCUT2D eigenvalue weighted by atomic mass is 9.72. The molecular formula is C26H28ClFO5.